The van der Waals surface area contributed by atoms with E-state index in [1.54, 1.807) is 6.26 Å². The van der Waals surface area contributed by atoms with Crippen molar-refractivity contribution in [2.24, 2.45) is 11.3 Å². The highest BCUT2D eigenvalue weighted by atomic mass is 79.9. The molecule has 2 atom stereocenters. The van der Waals surface area contributed by atoms with Gasteiger partial charge >= 0.3 is 0 Å². The van der Waals surface area contributed by atoms with Crippen LogP contribution in [0, 0.1) is 11.3 Å². The molecule has 0 bridgehead atoms. The minimum absolute atomic E-state index is 0.432. The number of rotatable bonds is 4. The number of nitrogens with one attached hydrogen (secondary N) is 1. The summed E-state index contributed by atoms with van der Waals surface area (Å²) < 4.78 is 6.69. The zero-order valence-electron chi connectivity index (χ0n) is 14.1. The first-order valence-corrected chi connectivity index (χ1v) is 9.14. The van der Waals surface area contributed by atoms with Gasteiger partial charge in [0.25, 0.3) is 0 Å². The van der Waals surface area contributed by atoms with Gasteiger partial charge in [-0.25, -0.2) is 4.98 Å². The largest absolute Gasteiger partial charge is 0.444 e. The summed E-state index contributed by atoms with van der Waals surface area (Å²) in [5.74, 6) is 1.47. The van der Waals surface area contributed by atoms with Crippen LogP contribution >= 0.6 is 15.9 Å². The molecule has 1 aromatic heterocycles. The molecule has 1 aliphatic carbocycles. The van der Waals surface area contributed by atoms with Crippen LogP contribution in [0.3, 0.4) is 0 Å². The Labute approximate surface area is 147 Å². The molecule has 1 heterocycles. The maximum absolute atomic E-state index is 5.63. The Hall–Kier alpha value is -1.13. The van der Waals surface area contributed by atoms with Gasteiger partial charge in [-0.3, -0.25) is 0 Å². The first kappa shape index (κ1) is 16.7. The van der Waals surface area contributed by atoms with E-state index in [0.717, 1.165) is 28.2 Å². The van der Waals surface area contributed by atoms with E-state index >= 15 is 0 Å². The number of benzene rings is 1. The Kier molecular flexibility index (Phi) is 4.93. The molecule has 2 aromatic rings. The van der Waals surface area contributed by atoms with Crippen molar-refractivity contribution in [3.05, 3.63) is 40.7 Å². The van der Waals surface area contributed by atoms with Crippen molar-refractivity contribution < 1.29 is 4.42 Å². The van der Waals surface area contributed by atoms with Gasteiger partial charge in [-0.1, -0.05) is 36.7 Å². The topological polar surface area (TPSA) is 38.1 Å². The Morgan fingerprint density at radius 2 is 2.00 bits per heavy atom. The Balaban J connectivity index is 1.60. The summed E-state index contributed by atoms with van der Waals surface area (Å²) in [6.45, 7) is 7.88. The summed E-state index contributed by atoms with van der Waals surface area (Å²) in [6.07, 6.45) is 5.57. The molecule has 23 heavy (non-hydrogen) atoms. The standard InChI is InChI=1S/C19H25BrN2O/c1-13-8-16(10-19(2,3)9-13)21-11-17-12-23-18(22-17)14-4-6-15(20)7-5-14/h4-7,12-13,16,21H,8-11H2,1-3H3. The molecule has 1 fully saturated rings. The van der Waals surface area contributed by atoms with Gasteiger partial charge in [-0.2, -0.15) is 0 Å². The molecular formula is C19H25BrN2O. The van der Waals surface area contributed by atoms with E-state index in [1.165, 1.54) is 19.3 Å². The van der Waals surface area contributed by atoms with E-state index in [2.05, 4.69) is 47.0 Å². The van der Waals surface area contributed by atoms with Gasteiger partial charge in [0.15, 0.2) is 0 Å². The van der Waals surface area contributed by atoms with Crippen LogP contribution in [0.1, 0.15) is 45.7 Å². The second-order valence-electron chi connectivity index (χ2n) is 7.64. The van der Waals surface area contributed by atoms with E-state index in [1.807, 2.05) is 24.3 Å². The first-order chi connectivity index (χ1) is 10.9. The van der Waals surface area contributed by atoms with E-state index in [0.29, 0.717) is 17.3 Å². The first-order valence-electron chi connectivity index (χ1n) is 8.35. The highest BCUT2D eigenvalue weighted by Crippen LogP contribution is 2.38. The van der Waals surface area contributed by atoms with Gasteiger partial charge in [0.05, 0.1) is 5.69 Å². The second-order valence-corrected chi connectivity index (χ2v) is 8.56. The lowest BCUT2D eigenvalue weighted by Gasteiger charge is -2.39. The predicted octanol–water partition coefficient (Wildman–Crippen LogP) is 5.41. The molecule has 2 unspecified atom stereocenters. The molecule has 1 N–H and O–H groups in total. The number of halogens is 1. The monoisotopic (exact) mass is 376 g/mol. The molecule has 1 aliphatic rings. The maximum Gasteiger partial charge on any atom is 0.226 e. The van der Waals surface area contributed by atoms with Gasteiger partial charge < -0.3 is 9.73 Å². The Morgan fingerprint density at radius 3 is 2.70 bits per heavy atom. The molecule has 0 amide bonds. The van der Waals surface area contributed by atoms with Gasteiger partial charge in [0.2, 0.25) is 5.89 Å². The fourth-order valence-electron chi connectivity index (χ4n) is 3.86. The van der Waals surface area contributed by atoms with Crippen molar-refractivity contribution in [1.29, 1.82) is 0 Å². The van der Waals surface area contributed by atoms with Crippen LogP contribution in [0.15, 0.2) is 39.4 Å². The third kappa shape index (κ3) is 4.45. The second kappa shape index (κ2) is 6.78. The third-order valence-electron chi connectivity index (χ3n) is 4.60. The highest BCUT2D eigenvalue weighted by molar-refractivity contribution is 9.10. The Morgan fingerprint density at radius 1 is 1.26 bits per heavy atom. The van der Waals surface area contributed by atoms with E-state index < -0.39 is 0 Å². The molecule has 0 radical (unpaired) electrons. The smallest absolute Gasteiger partial charge is 0.226 e. The average molecular weight is 377 g/mol. The molecule has 0 aliphatic heterocycles. The SMILES string of the molecule is CC1CC(NCc2coc(-c3ccc(Br)cc3)n2)CC(C)(C)C1. The van der Waals surface area contributed by atoms with Crippen LogP contribution in [0.2, 0.25) is 0 Å². The van der Waals surface area contributed by atoms with E-state index in [-0.39, 0.29) is 0 Å². The van der Waals surface area contributed by atoms with Gasteiger partial charge in [0, 0.05) is 22.6 Å². The molecule has 4 heteroatoms. The van der Waals surface area contributed by atoms with E-state index in [4.69, 9.17) is 4.42 Å². The van der Waals surface area contributed by atoms with E-state index in [9.17, 15) is 0 Å². The van der Waals surface area contributed by atoms with Crippen molar-refractivity contribution in [1.82, 2.24) is 10.3 Å². The number of oxazole rings is 1. The summed E-state index contributed by atoms with van der Waals surface area (Å²) in [6, 6.07) is 8.60. The van der Waals surface area contributed by atoms with Crippen LogP contribution in [-0.2, 0) is 6.54 Å². The molecular weight excluding hydrogens is 352 g/mol. The fourth-order valence-corrected chi connectivity index (χ4v) is 4.13. The van der Waals surface area contributed by atoms with Crippen molar-refractivity contribution in [2.45, 2.75) is 52.6 Å². The summed E-state index contributed by atoms with van der Waals surface area (Å²) in [5.41, 5.74) is 2.41. The van der Waals surface area contributed by atoms with Gasteiger partial charge in [0.1, 0.15) is 6.26 Å². The average Bonchev–Trinajstić information content (AvgIpc) is 2.93. The predicted molar refractivity (Wildman–Crippen MR) is 97.1 cm³/mol. The van der Waals surface area contributed by atoms with Crippen LogP contribution in [0.5, 0.6) is 0 Å². The Bertz CT molecular complexity index is 648. The molecule has 3 rings (SSSR count). The zero-order valence-corrected chi connectivity index (χ0v) is 15.7. The van der Waals surface area contributed by atoms with Crippen molar-refractivity contribution in [2.75, 3.05) is 0 Å². The van der Waals surface area contributed by atoms with Crippen LogP contribution in [0.4, 0.5) is 0 Å². The quantitative estimate of drug-likeness (QED) is 0.774. The summed E-state index contributed by atoms with van der Waals surface area (Å²) in [5, 5.41) is 3.67. The lowest BCUT2D eigenvalue weighted by Crippen LogP contribution is -2.39. The normalized spacial score (nSPS) is 23.8. The van der Waals surface area contributed by atoms with Crippen molar-refractivity contribution in [3.63, 3.8) is 0 Å². The van der Waals surface area contributed by atoms with Crippen molar-refractivity contribution >= 4 is 15.9 Å². The van der Waals surface area contributed by atoms with Crippen LogP contribution in [0.25, 0.3) is 11.5 Å². The van der Waals surface area contributed by atoms with Gasteiger partial charge in [-0.15, -0.1) is 0 Å². The molecule has 3 nitrogen and oxygen atoms in total. The molecule has 1 aromatic carbocycles. The molecule has 0 saturated heterocycles. The summed E-state index contributed by atoms with van der Waals surface area (Å²) in [4.78, 5) is 4.61. The lowest BCUT2D eigenvalue weighted by molar-refractivity contribution is 0.150. The number of hydrogen-bond donors (Lipinski definition) is 1. The summed E-state index contributed by atoms with van der Waals surface area (Å²) >= 11 is 3.45. The van der Waals surface area contributed by atoms with Crippen LogP contribution < -0.4 is 5.32 Å². The lowest BCUT2D eigenvalue weighted by atomic mass is 9.70. The zero-order chi connectivity index (χ0) is 16.4. The molecule has 124 valence electrons. The fraction of sp³-hybridized carbons (Fsp3) is 0.526. The number of nitrogens with zero attached hydrogens (tertiary/aromatic N) is 1. The summed E-state index contributed by atoms with van der Waals surface area (Å²) in [7, 11) is 0. The number of hydrogen-bond acceptors (Lipinski definition) is 3. The highest BCUT2D eigenvalue weighted by Gasteiger charge is 2.31. The maximum atomic E-state index is 5.63. The number of aromatic nitrogens is 1. The van der Waals surface area contributed by atoms with Gasteiger partial charge in [-0.05, 0) is 54.9 Å². The minimum atomic E-state index is 0.432. The minimum Gasteiger partial charge on any atom is -0.444 e. The molecule has 0 spiro atoms. The van der Waals surface area contributed by atoms with Crippen molar-refractivity contribution in [3.8, 4) is 11.5 Å². The van der Waals surface area contributed by atoms with Crippen LogP contribution in [-0.4, -0.2) is 11.0 Å². The molecule has 1 saturated carbocycles. The third-order valence-corrected chi connectivity index (χ3v) is 5.13.